The molecule has 2 rings (SSSR count). The summed E-state index contributed by atoms with van der Waals surface area (Å²) in [7, 11) is 6.34. The normalized spacial score (nSPS) is 11.2. The van der Waals surface area contributed by atoms with Crippen LogP contribution in [0.3, 0.4) is 0 Å². The lowest BCUT2D eigenvalue weighted by molar-refractivity contribution is -0.856. The van der Waals surface area contributed by atoms with E-state index in [1.807, 2.05) is 25.2 Å². The van der Waals surface area contributed by atoms with Gasteiger partial charge in [0.25, 0.3) is 0 Å². The lowest BCUT2D eigenvalue weighted by Crippen LogP contribution is -3.06. The minimum Gasteiger partial charge on any atom is -0.350 e. The van der Waals surface area contributed by atoms with E-state index < -0.39 is 0 Å². The third kappa shape index (κ3) is 2.17. The van der Waals surface area contributed by atoms with Crippen molar-refractivity contribution in [3.63, 3.8) is 0 Å². The number of imidazole rings is 1. The van der Waals surface area contributed by atoms with Crippen LogP contribution in [0.1, 0.15) is 0 Å². The summed E-state index contributed by atoms with van der Waals surface area (Å²) in [6.45, 7) is 2.03. The Bertz CT molecular complexity index is 473. The van der Waals surface area contributed by atoms with Crippen molar-refractivity contribution in [2.24, 2.45) is 7.05 Å². The largest absolute Gasteiger partial charge is 0.350 e. The smallest absolute Gasteiger partial charge is 0.203 e. The zero-order chi connectivity index (χ0) is 11.5. The number of nitrogens with one attached hydrogen (secondary N) is 2. The molecule has 0 unspecified atom stereocenters. The zero-order valence-corrected chi connectivity index (χ0v) is 10.1. The molecule has 1 aromatic carbocycles. The molecule has 0 aliphatic rings. The molecular weight excluding hydrogens is 200 g/mol. The van der Waals surface area contributed by atoms with Gasteiger partial charge in [0.1, 0.15) is 0 Å². The Kier molecular flexibility index (Phi) is 3.10. The van der Waals surface area contributed by atoms with Crippen molar-refractivity contribution >= 4 is 17.0 Å². The van der Waals surface area contributed by atoms with Gasteiger partial charge in [-0.25, -0.2) is 4.98 Å². The van der Waals surface area contributed by atoms with E-state index in [-0.39, 0.29) is 0 Å². The highest BCUT2D eigenvalue weighted by Crippen LogP contribution is 2.16. The molecule has 86 valence electrons. The Morgan fingerprint density at radius 2 is 2.06 bits per heavy atom. The van der Waals surface area contributed by atoms with Crippen LogP contribution < -0.4 is 10.2 Å². The van der Waals surface area contributed by atoms with Gasteiger partial charge in [-0.2, -0.15) is 0 Å². The summed E-state index contributed by atoms with van der Waals surface area (Å²) >= 11 is 0. The molecule has 0 aliphatic heterocycles. The first-order valence-corrected chi connectivity index (χ1v) is 5.63. The standard InChI is InChI=1S/C12H18N4/c1-15(2)9-8-13-12-14-10-6-4-5-7-11(10)16(12)3/h4-7H,8-9H2,1-3H3,(H,13,14)/p+1. The van der Waals surface area contributed by atoms with Gasteiger partial charge < -0.3 is 14.8 Å². The number of nitrogens with zero attached hydrogens (tertiary/aromatic N) is 2. The van der Waals surface area contributed by atoms with Crippen molar-refractivity contribution in [3.8, 4) is 0 Å². The average Bonchev–Trinajstić information content (AvgIpc) is 2.56. The molecule has 0 radical (unpaired) electrons. The summed E-state index contributed by atoms with van der Waals surface area (Å²) in [4.78, 5) is 5.99. The number of likely N-dealkylation sites (N-methyl/N-ethyl adjacent to an activating group) is 1. The van der Waals surface area contributed by atoms with Gasteiger partial charge in [-0.05, 0) is 12.1 Å². The lowest BCUT2D eigenvalue weighted by Gasteiger charge is -2.08. The third-order valence-electron chi connectivity index (χ3n) is 2.70. The zero-order valence-electron chi connectivity index (χ0n) is 10.1. The summed E-state index contributed by atoms with van der Waals surface area (Å²) in [5.74, 6) is 0.947. The summed E-state index contributed by atoms with van der Waals surface area (Å²) in [5.41, 5.74) is 2.21. The van der Waals surface area contributed by atoms with Crippen LogP contribution in [0, 0.1) is 0 Å². The molecule has 0 saturated heterocycles. The molecule has 1 aromatic heterocycles. The summed E-state index contributed by atoms with van der Waals surface area (Å²) < 4.78 is 2.10. The molecule has 0 amide bonds. The van der Waals surface area contributed by atoms with Crippen molar-refractivity contribution < 1.29 is 4.90 Å². The summed E-state index contributed by atoms with van der Waals surface area (Å²) in [6.07, 6.45) is 0. The minimum atomic E-state index is 0.944. The van der Waals surface area contributed by atoms with Gasteiger partial charge in [-0.1, -0.05) is 12.1 Å². The van der Waals surface area contributed by atoms with Gasteiger partial charge in [0, 0.05) is 7.05 Å². The molecule has 1 heterocycles. The second kappa shape index (κ2) is 4.53. The molecule has 0 bridgehead atoms. The van der Waals surface area contributed by atoms with E-state index in [1.165, 1.54) is 10.4 Å². The Balaban J connectivity index is 2.15. The van der Waals surface area contributed by atoms with E-state index in [1.54, 1.807) is 0 Å². The van der Waals surface area contributed by atoms with Crippen LogP contribution in [-0.2, 0) is 7.05 Å². The summed E-state index contributed by atoms with van der Waals surface area (Å²) in [6, 6.07) is 8.18. The molecule has 2 N–H and O–H groups in total. The minimum absolute atomic E-state index is 0.944. The van der Waals surface area contributed by atoms with Crippen molar-refractivity contribution in [2.45, 2.75) is 0 Å². The van der Waals surface area contributed by atoms with Crippen molar-refractivity contribution in [2.75, 3.05) is 32.5 Å². The fourth-order valence-electron chi connectivity index (χ4n) is 1.73. The van der Waals surface area contributed by atoms with Crippen molar-refractivity contribution in [1.29, 1.82) is 0 Å². The quantitative estimate of drug-likeness (QED) is 0.766. The Hall–Kier alpha value is -1.55. The van der Waals surface area contributed by atoms with Gasteiger partial charge in [-0.15, -0.1) is 0 Å². The highest BCUT2D eigenvalue weighted by atomic mass is 15.2. The van der Waals surface area contributed by atoms with E-state index in [0.717, 1.165) is 24.6 Å². The van der Waals surface area contributed by atoms with E-state index >= 15 is 0 Å². The Labute approximate surface area is 95.9 Å². The van der Waals surface area contributed by atoms with Gasteiger partial charge in [0.2, 0.25) is 5.95 Å². The highest BCUT2D eigenvalue weighted by molar-refractivity contribution is 5.78. The molecule has 0 atom stereocenters. The number of fused-ring (bicyclic) bond motifs is 1. The number of para-hydroxylation sites is 2. The SMILES string of the molecule is Cn1c(NCC[NH+](C)C)nc2ccccc21. The van der Waals surface area contributed by atoms with Gasteiger partial charge >= 0.3 is 0 Å². The number of hydrogen-bond donors (Lipinski definition) is 2. The summed E-state index contributed by atoms with van der Waals surface area (Å²) in [5, 5.41) is 3.36. The van der Waals surface area contributed by atoms with Crippen LogP contribution in [-0.4, -0.2) is 36.7 Å². The fourth-order valence-corrected chi connectivity index (χ4v) is 1.73. The predicted molar refractivity (Wildman–Crippen MR) is 66.9 cm³/mol. The van der Waals surface area contributed by atoms with Crippen LogP contribution in [0.4, 0.5) is 5.95 Å². The predicted octanol–water partition coefficient (Wildman–Crippen LogP) is 0.130. The molecule has 4 heteroatoms. The first-order valence-electron chi connectivity index (χ1n) is 5.63. The Morgan fingerprint density at radius 3 is 2.75 bits per heavy atom. The molecular formula is C12H19N4+. The molecule has 2 aromatic rings. The number of aryl methyl sites for hydroxylation is 1. The molecule has 0 fully saturated rings. The number of rotatable bonds is 4. The Morgan fingerprint density at radius 1 is 1.31 bits per heavy atom. The second-order valence-corrected chi connectivity index (χ2v) is 4.37. The lowest BCUT2D eigenvalue weighted by atomic mass is 10.3. The van der Waals surface area contributed by atoms with Gasteiger partial charge in [-0.3, -0.25) is 0 Å². The number of hydrogen-bond acceptors (Lipinski definition) is 2. The van der Waals surface area contributed by atoms with Crippen LogP contribution in [0.15, 0.2) is 24.3 Å². The molecule has 4 nitrogen and oxygen atoms in total. The van der Waals surface area contributed by atoms with E-state index in [0.29, 0.717) is 0 Å². The fraction of sp³-hybridized carbons (Fsp3) is 0.417. The monoisotopic (exact) mass is 219 g/mol. The molecule has 0 aliphatic carbocycles. The van der Waals surface area contributed by atoms with Crippen LogP contribution in [0.2, 0.25) is 0 Å². The number of benzene rings is 1. The van der Waals surface area contributed by atoms with Crippen LogP contribution in [0.5, 0.6) is 0 Å². The molecule has 0 saturated carbocycles. The first kappa shape index (κ1) is 11.0. The van der Waals surface area contributed by atoms with E-state index in [2.05, 4.69) is 35.0 Å². The number of quaternary nitrogens is 1. The average molecular weight is 219 g/mol. The second-order valence-electron chi connectivity index (χ2n) is 4.37. The molecule has 16 heavy (non-hydrogen) atoms. The van der Waals surface area contributed by atoms with Crippen molar-refractivity contribution in [3.05, 3.63) is 24.3 Å². The topological polar surface area (TPSA) is 34.3 Å². The van der Waals surface area contributed by atoms with Gasteiger partial charge in [0.05, 0.1) is 38.2 Å². The van der Waals surface area contributed by atoms with Crippen molar-refractivity contribution in [1.82, 2.24) is 9.55 Å². The van der Waals surface area contributed by atoms with E-state index in [4.69, 9.17) is 0 Å². The number of aromatic nitrogens is 2. The third-order valence-corrected chi connectivity index (χ3v) is 2.70. The van der Waals surface area contributed by atoms with Crippen LogP contribution >= 0.6 is 0 Å². The van der Waals surface area contributed by atoms with Gasteiger partial charge in [0.15, 0.2) is 0 Å². The molecule has 0 spiro atoms. The van der Waals surface area contributed by atoms with Crippen LogP contribution in [0.25, 0.3) is 11.0 Å². The maximum absolute atomic E-state index is 4.55. The maximum atomic E-state index is 4.55. The number of anilines is 1. The maximum Gasteiger partial charge on any atom is 0.203 e. The van der Waals surface area contributed by atoms with E-state index in [9.17, 15) is 0 Å². The first-order chi connectivity index (χ1) is 7.68. The highest BCUT2D eigenvalue weighted by Gasteiger charge is 2.06.